The number of sulfonamides is 1. The number of benzene rings is 2. The molecule has 2 heterocycles. The number of anilines is 2. The Balaban J connectivity index is 1.62. The highest BCUT2D eigenvalue weighted by molar-refractivity contribution is 7.92. The average Bonchev–Trinajstić information content (AvgIpc) is 3.23. The van der Waals surface area contributed by atoms with E-state index in [0.29, 0.717) is 17.3 Å². The molecule has 2 N–H and O–H groups in total. The molecule has 1 fully saturated rings. The van der Waals surface area contributed by atoms with Gasteiger partial charge in [-0.3, -0.25) is 9.10 Å². The van der Waals surface area contributed by atoms with Gasteiger partial charge in [0.25, 0.3) is 10.0 Å². The quantitative estimate of drug-likeness (QED) is 0.462. The molecule has 0 atom stereocenters. The number of carbonyl (C=O) groups is 1. The van der Waals surface area contributed by atoms with E-state index in [4.69, 9.17) is 9.72 Å². The number of amides is 1. The van der Waals surface area contributed by atoms with E-state index in [0.717, 1.165) is 49.5 Å². The molecule has 200 valence electrons. The number of carbonyl (C=O) groups excluding carboxylic acids is 1. The third-order valence-corrected chi connectivity index (χ3v) is 8.48. The molecule has 0 spiro atoms. The van der Waals surface area contributed by atoms with Gasteiger partial charge in [-0.25, -0.2) is 13.4 Å². The standard InChI is InChI=1S/C27H37N5O4S/c1-27(2,3)26-30-23-16-21(8-11-24(23)32(26)18-19-12-14-36-15-13-19)31(5)37(34,35)22-9-6-20(7-10-22)29-25(33)17-28-4/h6-11,16,19,28H,12-15,17-18H2,1-5H3,(H,29,33). The third-order valence-electron chi connectivity index (χ3n) is 6.68. The number of hydrogen-bond donors (Lipinski definition) is 2. The third kappa shape index (κ3) is 5.97. The van der Waals surface area contributed by atoms with Gasteiger partial charge in [-0.15, -0.1) is 0 Å². The van der Waals surface area contributed by atoms with Crippen molar-refractivity contribution < 1.29 is 17.9 Å². The first-order valence-electron chi connectivity index (χ1n) is 12.6. The van der Waals surface area contributed by atoms with Crippen LogP contribution >= 0.6 is 0 Å². The molecule has 1 aliphatic rings. The highest BCUT2D eigenvalue weighted by atomic mass is 32.2. The second kappa shape index (κ2) is 10.8. The summed E-state index contributed by atoms with van der Waals surface area (Å²) in [6.45, 7) is 9.08. The van der Waals surface area contributed by atoms with Crippen molar-refractivity contribution in [1.82, 2.24) is 14.9 Å². The molecule has 10 heteroatoms. The highest BCUT2D eigenvalue weighted by Gasteiger charge is 2.27. The van der Waals surface area contributed by atoms with E-state index in [1.54, 1.807) is 26.2 Å². The van der Waals surface area contributed by atoms with Crippen LogP contribution in [0.4, 0.5) is 11.4 Å². The number of imidazole rings is 1. The number of likely N-dealkylation sites (N-methyl/N-ethyl adjacent to an activating group) is 1. The zero-order valence-electron chi connectivity index (χ0n) is 22.2. The van der Waals surface area contributed by atoms with E-state index in [9.17, 15) is 13.2 Å². The van der Waals surface area contributed by atoms with E-state index in [2.05, 4.69) is 36.0 Å². The average molecular weight is 528 g/mol. The van der Waals surface area contributed by atoms with Crippen molar-refractivity contribution in [3.8, 4) is 0 Å². The molecule has 9 nitrogen and oxygen atoms in total. The monoisotopic (exact) mass is 527 g/mol. The Morgan fingerprint density at radius 3 is 2.43 bits per heavy atom. The number of nitrogens with zero attached hydrogens (tertiary/aromatic N) is 3. The lowest BCUT2D eigenvalue weighted by Crippen LogP contribution is -2.27. The molecular formula is C27H37N5O4S. The molecule has 1 aromatic heterocycles. The van der Waals surface area contributed by atoms with Crippen molar-refractivity contribution in [3.05, 3.63) is 48.3 Å². The van der Waals surface area contributed by atoms with Crippen LogP contribution in [0.1, 0.15) is 39.4 Å². The van der Waals surface area contributed by atoms with E-state index >= 15 is 0 Å². The fraction of sp³-hybridized carbons (Fsp3) is 0.481. The zero-order valence-corrected chi connectivity index (χ0v) is 23.1. The van der Waals surface area contributed by atoms with Crippen LogP contribution in [-0.2, 0) is 31.5 Å². The summed E-state index contributed by atoms with van der Waals surface area (Å²) < 4.78 is 35.9. The fourth-order valence-corrected chi connectivity index (χ4v) is 5.82. The van der Waals surface area contributed by atoms with E-state index in [1.807, 2.05) is 18.2 Å². The van der Waals surface area contributed by atoms with Gasteiger partial charge in [0.1, 0.15) is 5.82 Å². The van der Waals surface area contributed by atoms with Crippen LogP contribution in [0.15, 0.2) is 47.4 Å². The minimum absolute atomic E-state index is 0.141. The number of nitrogens with one attached hydrogen (secondary N) is 2. The molecule has 37 heavy (non-hydrogen) atoms. The zero-order chi connectivity index (χ0) is 26.8. The van der Waals surface area contributed by atoms with Gasteiger partial charge in [0, 0.05) is 37.9 Å². The van der Waals surface area contributed by atoms with Crippen molar-refractivity contribution >= 4 is 38.3 Å². The molecule has 2 aromatic carbocycles. The van der Waals surface area contributed by atoms with Crippen LogP contribution in [0.3, 0.4) is 0 Å². The maximum atomic E-state index is 13.4. The number of ether oxygens (including phenoxy) is 1. The van der Waals surface area contributed by atoms with Gasteiger partial charge in [0.15, 0.2) is 0 Å². The first-order chi connectivity index (χ1) is 17.5. The number of hydrogen-bond acceptors (Lipinski definition) is 6. The summed E-state index contributed by atoms with van der Waals surface area (Å²) in [4.78, 5) is 16.9. The van der Waals surface area contributed by atoms with Gasteiger partial charge in [0.2, 0.25) is 5.91 Å². The normalized spacial score (nSPS) is 15.2. The predicted molar refractivity (Wildman–Crippen MR) is 147 cm³/mol. The van der Waals surface area contributed by atoms with E-state index in [1.165, 1.54) is 16.4 Å². The maximum Gasteiger partial charge on any atom is 0.264 e. The summed E-state index contributed by atoms with van der Waals surface area (Å²) in [6, 6.07) is 11.8. The molecule has 1 saturated heterocycles. The van der Waals surface area contributed by atoms with Crippen molar-refractivity contribution in [2.75, 3.05) is 43.5 Å². The minimum Gasteiger partial charge on any atom is -0.381 e. The van der Waals surface area contributed by atoms with Crippen LogP contribution in [0.25, 0.3) is 11.0 Å². The Hall–Kier alpha value is -2.95. The van der Waals surface area contributed by atoms with Gasteiger partial charge in [-0.05, 0) is 68.3 Å². The van der Waals surface area contributed by atoms with Gasteiger partial charge >= 0.3 is 0 Å². The molecule has 0 aliphatic carbocycles. The minimum atomic E-state index is -3.81. The lowest BCUT2D eigenvalue weighted by molar-refractivity contribution is -0.115. The molecule has 1 aliphatic heterocycles. The lowest BCUT2D eigenvalue weighted by atomic mass is 9.94. The molecule has 0 bridgehead atoms. The van der Waals surface area contributed by atoms with Crippen molar-refractivity contribution in [2.24, 2.45) is 5.92 Å². The van der Waals surface area contributed by atoms with Crippen LogP contribution in [0.2, 0.25) is 0 Å². The maximum absolute atomic E-state index is 13.4. The number of aromatic nitrogens is 2. The fourth-order valence-electron chi connectivity index (χ4n) is 4.63. The van der Waals surface area contributed by atoms with Crippen LogP contribution in [0, 0.1) is 5.92 Å². The first-order valence-corrected chi connectivity index (χ1v) is 14.1. The SMILES string of the molecule is CNCC(=O)Nc1ccc(S(=O)(=O)N(C)c2ccc3c(c2)nc(C(C)(C)C)n3CC2CCOCC2)cc1. The van der Waals surface area contributed by atoms with Crippen LogP contribution in [0.5, 0.6) is 0 Å². The molecular weight excluding hydrogens is 490 g/mol. The summed E-state index contributed by atoms with van der Waals surface area (Å²) in [5.41, 5.74) is 2.70. The summed E-state index contributed by atoms with van der Waals surface area (Å²) in [6.07, 6.45) is 2.06. The van der Waals surface area contributed by atoms with Gasteiger partial charge in [-0.1, -0.05) is 20.8 Å². The van der Waals surface area contributed by atoms with Crippen molar-refractivity contribution in [3.63, 3.8) is 0 Å². The molecule has 1 amide bonds. The summed E-state index contributed by atoms with van der Waals surface area (Å²) in [5, 5.41) is 5.50. The predicted octanol–water partition coefficient (Wildman–Crippen LogP) is 3.74. The Labute approximate surface area is 219 Å². The Kier molecular flexibility index (Phi) is 7.91. The largest absolute Gasteiger partial charge is 0.381 e. The smallest absolute Gasteiger partial charge is 0.264 e. The summed E-state index contributed by atoms with van der Waals surface area (Å²) in [7, 11) is -0.583. The first kappa shape index (κ1) is 27.1. The highest BCUT2D eigenvalue weighted by Crippen LogP contribution is 2.32. The number of rotatable bonds is 8. The Morgan fingerprint density at radius 1 is 1.14 bits per heavy atom. The molecule has 4 rings (SSSR count). The Morgan fingerprint density at radius 2 is 1.81 bits per heavy atom. The van der Waals surface area contributed by atoms with Crippen molar-refractivity contribution in [2.45, 2.75) is 50.5 Å². The van der Waals surface area contributed by atoms with Crippen LogP contribution in [-0.4, -0.2) is 57.7 Å². The van der Waals surface area contributed by atoms with Gasteiger partial charge < -0.3 is 19.9 Å². The second-order valence-corrected chi connectivity index (χ2v) is 12.6. The lowest BCUT2D eigenvalue weighted by Gasteiger charge is -2.26. The Bertz CT molecular complexity index is 1350. The van der Waals surface area contributed by atoms with E-state index in [-0.39, 0.29) is 22.8 Å². The second-order valence-electron chi connectivity index (χ2n) is 10.6. The topological polar surface area (TPSA) is 106 Å². The summed E-state index contributed by atoms with van der Waals surface area (Å²) in [5.74, 6) is 1.32. The van der Waals surface area contributed by atoms with Gasteiger partial charge in [0.05, 0.1) is 28.2 Å². The van der Waals surface area contributed by atoms with E-state index < -0.39 is 10.0 Å². The molecule has 0 radical (unpaired) electrons. The molecule has 0 unspecified atom stereocenters. The summed E-state index contributed by atoms with van der Waals surface area (Å²) >= 11 is 0. The molecule has 3 aromatic rings. The van der Waals surface area contributed by atoms with Crippen molar-refractivity contribution in [1.29, 1.82) is 0 Å². The van der Waals surface area contributed by atoms with Gasteiger partial charge in [-0.2, -0.15) is 0 Å². The van der Waals surface area contributed by atoms with Crippen LogP contribution < -0.4 is 14.9 Å². The molecule has 0 saturated carbocycles. The number of fused-ring (bicyclic) bond motifs is 1.